The van der Waals surface area contributed by atoms with E-state index in [2.05, 4.69) is 171 Å². The topological polar surface area (TPSA) is 42.7 Å². The second-order valence-corrected chi connectivity index (χ2v) is 12.9. The predicted octanol–water partition coefficient (Wildman–Crippen LogP) is 13.3. The predicted molar refractivity (Wildman–Crippen MR) is 201 cm³/mol. The molecule has 0 bridgehead atoms. The Labute approximate surface area is 284 Å². The van der Waals surface area contributed by atoms with Crippen LogP contribution in [-0.2, 0) is 0 Å². The maximum atomic E-state index is 6.24. The van der Waals surface area contributed by atoms with Gasteiger partial charge in [-0.25, -0.2) is 0 Å². The number of rotatable bonds is 6. The first-order chi connectivity index (χ1) is 23.9. The molecule has 3 heterocycles. The van der Waals surface area contributed by atoms with Crippen LogP contribution in [-0.4, -0.2) is 0 Å². The summed E-state index contributed by atoms with van der Waals surface area (Å²) in [6.07, 6.45) is 0. The molecule has 0 aliphatic carbocycles. The molecule has 6 aromatic carbocycles. The first-order valence-electron chi connectivity index (χ1n) is 16.6. The third-order valence-electron chi connectivity index (χ3n) is 9.26. The highest BCUT2D eigenvalue weighted by Crippen LogP contribution is 2.39. The Bertz CT molecular complexity index is 2320. The van der Waals surface area contributed by atoms with Crippen LogP contribution < -0.4 is 4.90 Å². The van der Waals surface area contributed by atoms with E-state index in [0.717, 1.165) is 83.9 Å². The fourth-order valence-electron chi connectivity index (χ4n) is 6.61. The van der Waals surface area contributed by atoms with Gasteiger partial charge in [-0.3, -0.25) is 0 Å². The Morgan fingerprint density at radius 2 is 0.612 bits per heavy atom. The normalized spacial score (nSPS) is 11.6. The summed E-state index contributed by atoms with van der Waals surface area (Å²) < 4.78 is 18.7. The molecule has 49 heavy (non-hydrogen) atoms. The minimum atomic E-state index is 0.856. The highest BCUT2D eigenvalue weighted by molar-refractivity contribution is 5.87. The van der Waals surface area contributed by atoms with Gasteiger partial charge in [-0.05, 0) is 147 Å². The minimum absolute atomic E-state index is 0.856. The van der Waals surface area contributed by atoms with E-state index in [1.165, 1.54) is 16.7 Å². The third kappa shape index (κ3) is 5.38. The van der Waals surface area contributed by atoms with Crippen molar-refractivity contribution in [3.8, 4) is 34.0 Å². The van der Waals surface area contributed by atoms with Gasteiger partial charge in [0.25, 0.3) is 0 Å². The second kappa shape index (κ2) is 11.5. The van der Waals surface area contributed by atoms with Crippen LogP contribution >= 0.6 is 0 Å². The third-order valence-corrected chi connectivity index (χ3v) is 9.26. The zero-order valence-electron chi connectivity index (χ0n) is 27.5. The van der Waals surface area contributed by atoms with Crippen molar-refractivity contribution in [2.75, 3.05) is 4.90 Å². The number of hydrogen-bond acceptors (Lipinski definition) is 4. The Balaban J connectivity index is 1.08. The summed E-state index contributed by atoms with van der Waals surface area (Å²) in [7, 11) is 0. The van der Waals surface area contributed by atoms with Crippen LogP contribution in [0.4, 0.5) is 17.1 Å². The molecule has 4 nitrogen and oxygen atoms in total. The standard InChI is InChI=1S/C45H33NO3/c1-28-4-7-34-25-43(47-40(34)22-28)31-10-16-37(17-11-31)46(38-18-12-32(13-19-38)44-26-35-8-5-29(2)23-41(35)48-44)39-20-14-33(15-21-39)45-27-36-9-6-30(3)24-42(36)49-45/h4-27H,1-3H3. The number of nitrogens with zero attached hydrogens (tertiary/aromatic N) is 1. The van der Waals surface area contributed by atoms with Crippen molar-refractivity contribution < 1.29 is 13.3 Å². The van der Waals surface area contributed by atoms with E-state index in [4.69, 9.17) is 13.3 Å². The lowest BCUT2D eigenvalue weighted by Gasteiger charge is -2.26. The van der Waals surface area contributed by atoms with Crippen molar-refractivity contribution in [3.63, 3.8) is 0 Å². The SMILES string of the molecule is Cc1ccc2cc(-c3ccc(N(c4ccc(-c5cc6ccc(C)cc6o5)cc4)c4ccc(-c5cc6ccc(C)cc6o5)cc4)cc3)oc2c1. The first kappa shape index (κ1) is 28.9. The van der Waals surface area contributed by atoms with Gasteiger partial charge >= 0.3 is 0 Å². The molecule has 0 atom stereocenters. The van der Waals surface area contributed by atoms with E-state index >= 15 is 0 Å². The molecule has 236 valence electrons. The lowest BCUT2D eigenvalue weighted by atomic mass is 10.1. The van der Waals surface area contributed by atoms with Crippen LogP contribution in [0.25, 0.3) is 66.9 Å². The monoisotopic (exact) mass is 635 g/mol. The molecule has 0 unspecified atom stereocenters. The highest BCUT2D eigenvalue weighted by atomic mass is 16.3. The quantitative estimate of drug-likeness (QED) is 0.182. The molecule has 0 saturated heterocycles. The zero-order valence-corrected chi connectivity index (χ0v) is 27.5. The van der Waals surface area contributed by atoms with Crippen molar-refractivity contribution in [1.82, 2.24) is 0 Å². The lowest BCUT2D eigenvalue weighted by Crippen LogP contribution is -2.09. The van der Waals surface area contributed by atoms with Crippen LogP contribution in [0, 0.1) is 20.8 Å². The van der Waals surface area contributed by atoms with Gasteiger partial charge in [0.15, 0.2) is 0 Å². The van der Waals surface area contributed by atoms with Crippen LogP contribution in [0.15, 0.2) is 159 Å². The first-order valence-corrected chi connectivity index (χ1v) is 16.6. The van der Waals surface area contributed by atoms with Gasteiger partial charge < -0.3 is 18.2 Å². The lowest BCUT2D eigenvalue weighted by molar-refractivity contribution is 0.631. The largest absolute Gasteiger partial charge is 0.456 e. The Morgan fingerprint density at radius 3 is 0.898 bits per heavy atom. The highest BCUT2D eigenvalue weighted by Gasteiger charge is 2.16. The average molecular weight is 636 g/mol. The number of aryl methyl sites for hydroxylation is 3. The number of furan rings is 3. The maximum absolute atomic E-state index is 6.24. The molecule has 0 aliphatic rings. The van der Waals surface area contributed by atoms with E-state index in [1.54, 1.807) is 0 Å². The second-order valence-electron chi connectivity index (χ2n) is 12.9. The van der Waals surface area contributed by atoms with Gasteiger partial charge in [0.1, 0.15) is 34.0 Å². The van der Waals surface area contributed by atoms with E-state index < -0.39 is 0 Å². The fraction of sp³-hybridized carbons (Fsp3) is 0.0667. The van der Waals surface area contributed by atoms with Crippen molar-refractivity contribution in [3.05, 3.63) is 162 Å². The van der Waals surface area contributed by atoms with Crippen LogP contribution in [0.5, 0.6) is 0 Å². The molecule has 0 radical (unpaired) electrons. The van der Waals surface area contributed by atoms with Crippen LogP contribution in [0.1, 0.15) is 16.7 Å². The molecule has 0 N–H and O–H groups in total. The summed E-state index contributed by atoms with van der Waals surface area (Å²) in [6.45, 7) is 6.25. The minimum Gasteiger partial charge on any atom is -0.456 e. The van der Waals surface area contributed by atoms with E-state index in [1.807, 2.05) is 0 Å². The molecule has 0 aliphatic heterocycles. The number of fused-ring (bicyclic) bond motifs is 3. The van der Waals surface area contributed by atoms with Gasteiger partial charge in [-0.2, -0.15) is 0 Å². The molecule has 0 amide bonds. The summed E-state index contributed by atoms with van der Waals surface area (Å²) in [4.78, 5) is 2.27. The van der Waals surface area contributed by atoms with E-state index in [0.29, 0.717) is 0 Å². The van der Waals surface area contributed by atoms with Crippen molar-refractivity contribution in [2.45, 2.75) is 20.8 Å². The van der Waals surface area contributed by atoms with Gasteiger partial charge in [0, 0.05) is 49.9 Å². The molecule has 4 heteroatoms. The summed E-state index contributed by atoms with van der Waals surface area (Å²) in [6, 6.07) is 50.9. The Hall–Kier alpha value is -6.26. The van der Waals surface area contributed by atoms with Crippen LogP contribution in [0.2, 0.25) is 0 Å². The maximum Gasteiger partial charge on any atom is 0.135 e. The average Bonchev–Trinajstić information content (AvgIpc) is 3.85. The molecule has 3 aromatic heterocycles. The molecule has 9 rings (SSSR count). The summed E-state index contributed by atoms with van der Waals surface area (Å²) in [5.41, 5.74) is 12.5. The van der Waals surface area contributed by atoms with Crippen LogP contribution in [0.3, 0.4) is 0 Å². The smallest absolute Gasteiger partial charge is 0.135 e. The fourth-order valence-corrected chi connectivity index (χ4v) is 6.61. The molecule has 0 fully saturated rings. The van der Waals surface area contributed by atoms with Gasteiger partial charge in [-0.15, -0.1) is 0 Å². The summed E-state index contributed by atoms with van der Waals surface area (Å²) in [5, 5.41) is 3.31. The Kier molecular flexibility index (Phi) is 6.77. The Morgan fingerprint density at radius 1 is 0.327 bits per heavy atom. The van der Waals surface area contributed by atoms with Gasteiger partial charge in [0.2, 0.25) is 0 Å². The molecular weight excluding hydrogens is 602 g/mol. The van der Waals surface area contributed by atoms with Crippen molar-refractivity contribution in [2.24, 2.45) is 0 Å². The van der Waals surface area contributed by atoms with Crippen molar-refractivity contribution in [1.29, 1.82) is 0 Å². The number of anilines is 3. The van der Waals surface area contributed by atoms with E-state index in [-0.39, 0.29) is 0 Å². The molecule has 0 saturated carbocycles. The molecule has 9 aromatic rings. The number of hydrogen-bond donors (Lipinski definition) is 0. The number of benzene rings is 6. The summed E-state index contributed by atoms with van der Waals surface area (Å²) >= 11 is 0. The molecule has 0 spiro atoms. The van der Waals surface area contributed by atoms with Gasteiger partial charge in [-0.1, -0.05) is 36.4 Å². The van der Waals surface area contributed by atoms with Crippen molar-refractivity contribution >= 4 is 50.0 Å². The summed E-state index contributed by atoms with van der Waals surface area (Å²) in [5.74, 6) is 2.57. The molecular formula is C45H33NO3. The van der Waals surface area contributed by atoms with E-state index in [9.17, 15) is 0 Å². The van der Waals surface area contributed by atoms with Gasteiger partial charge in [0.05, 0.1) is 0 Å². The zero-order chi connectivity index (χ0) is 33.1.